The van der Waals surface area contributed by atoms with Crippen LogP contribution in [-0.4, -0.2) is 30.4 Å². The number of nitrogens with zero attached hydrogens (tertiary/aromatic N) is 1. The molecule has 0 aliphatic rings. The maximum Gasteiger partial charge on any atom is 0.345 e. The van der Waals surface area contributed by atoms with Crippen molar-refractivity contribution in [3.8, 4) is 22.6 Å². The lowest BCUT2D eigenvalue weighted by Gasteiger charge is -2.17. The van der Waals surface area contributed by atoms with E-state index in [2.05, 4.69) is 46.9 Å². The van der Waals surface area contributed by atoms with Crippen molar-refractivity contribution >= 4 is 70.2 Å². The van der Waals surface area contributed by atoms with Crippen molar-refractivity contribution in [1.82, 2.24) is 4.98 Å². The van der Waals surface area contributed by atoms with Crippen molar-refractivity contribution in [2.75, 3.05) is 0 Å². The van der Waals surface area contributed by atoms with Gasteiger partial charge in [0.25, 0.3) is 0 Å². The molecule has 0 atom stereocenters. The van der Waals surface area contributed by atoms with Crippen molar-refractivity contribution in [2.45, 2.75) is 32.6 Å². The fourth-order valence-corrected chi connectivity index (χ4v) is 8.45. The van der Waals surface area contributed by atoms with Gasteiger partial charge in [0.15, 0.2) is 0 Å². The molecule has 232 valence electrons. The largest absolute Gasteiger partial charge is 0.478 e. The Kier molecular flexibility index (Phi) is 8.18. The number of thiophene rings is 1. The van der Waals surface area contributed by atoms with E-state index in [9.17, 15) is 23.1 Å². The molecule has 2 aromatic heterocycles. The van der Waals surface area contributed by atoms with Crippen LogP contribution in [-0.2, 0) is 10.1 Å². The molecule has 2 heterocycles. The van der Waals surface area contributed by atoms with Crippen LogP contribution in [0.25, 0.3) is 32.0 Å². The maximum atomic E-state index is 13.6. The van der Waals surface area contributed by atoms with E-state index in [0.717, 1.165) is 54.7 Å². The lowest BCUT2D eigenvalue weighted by atomic mass is 9.91. The number of halogens is 1. The molecule has 6 aromatic rings. The number of aromatic nitrogens is 1. The number of esters is 1. The third kappa shape index (κ3) is 5.55. The van der Waals surface area contributed by atoms with Gasteiger partial charge in [0.05, 0.1) is 10.3 Å². The van der Waals surface area contributed by atoms with Gasteiger partial charge >= 0.3 is 22.1 Å². The highest BCUT2D eigenvalue weighted by atomic mass is 79.9. The molecule has 6 rings (SSSR count). The number of carbonyl (C=O) groups is 2. The van der Waals surface area contributed by atoms with Crippen LogP contribution >= 0.6 is 27.3 Å². The van der Waals surface area contributed by atoms with Crippen LogP contribution in [0, 0.1) is 27.7 Å². The molecule has 1 N–H and O–H groups in total. The number of carboxylic acids is 1. The Morgan fingerprint density at radius 3 is 2.26 bits per heavy atom. The Balaban J connectivity index is 1.41. The number of pyridine rings is 1. The molecule has 4 aromatic carbocycles. The molecule has 0 amide bonds. The van der Waals surface area contributed by atoms with Crippen LogP contribution < -0.4 is 8.92 Å². The third-order valence-corrected chi connectivity index (χ3v) is 11.3. The van der Waals surface area contributed by atoms with Crippen LogP contribution in [0.15, 0.2) is 88.5 Å². The molecule has 0 spiro atoms. The van der Waals surface area contributed by atoms with Gasteiger partial charge in [-0.2, -0.15) is 8.42 Å². The van der Waals surface area contributed by atoms with Gasteiger partial charge in [-0.3, -0.25) is 4.98 Å². The van der Waals surface area contributed by atoms with Gasteiger partial charge in [0.1, 0.15) is 22.0 Å². The molecule has 0 radical (unpaired) electrons. The van der Waals surface area contributed by atoms with Crippen LogP contribution in [0.1, 0.15) is 42.3 Å². The van der Waals surface area contributed by atoms with Crippen molar-refractivity contribution in [3.63, 3.8) is 0 Å². The van der Waals surface area contributed by atoms with Crippen molar-refractivity contribution in [1.29, 1.82) is 0 Å². The fraction of sp³-hybridized carbons (Fsp3) is 0.114. The Morgan fingerprint density at radius 1 is 0.913 bits per heavy atom. The second-order valence-electron chi connectivity index (χ2n) is 10.8. The van der Waals surface area contributed by atoms with E-state index in [-0.39, 0.29) is 21.8 Å². The van der Waals surface area contributed by atoms with Crippen LogP contribution in [0.3, 0.4) is 0 Å². The topological polar surface area (TPSA) is 120 Å². The number of benzene rings is 4. The number of aromatic carboxylic acids is 1. The summed E-state index contributed by atoms with van der Waals surface area (Å²) in [4.78, 5) is 29.2. The van der Waals surface area contributed by atoms with Gasteiger partial charge in [0.2, 0.25) is 0 Å². The molecule has 0 saturated carbocycles. The molecule has 0 bridgehead atoms. The summed E-state index contributed by atoms with van der Waals surface area (Å²) in [5.74, 6) is -2.58. The first-order valence-corrected chi connectivity index (χ1v) is 17.0. The van der Waals surface area contributed by atoms with E-state index in [1.807, 2.05) is 24.3 Å². The van der Waals surface area contributed by atoms with Crippen LogP contribution in [0.5, 0.6) is 11.5 Å². The Morgan fingerprint density at radius 2 is 1.61 bits per heavy atom. The first-order valence-electron chi connectivity index (χ1n) is 14.0. The number of hydrogen-bond acceptors (Lipinski definition) is 8. The highest BCUT2D eigenvalue weighted by Gasteiger charge is 2.26. The fourth-order valence-electron chi connectivity index (χ4n) is 5.48. The van der Waals surface area contributed by atoms with Gasteiger partial charge in [-0.05, 0) is 119 Å². The average molecular weight is 717 g/mol. The van der Waals surface area contributed by atoms with Crippen molar-refractivity contribution < 1.29 is 32.0 Å². The number of aryl methyl sites for hydroxylation is 4. The standard InChI is InChI=1S/C35H26BrNO7S2/c1-18-14-23(30-25-9-5-6-10-26(25)31(36)33-29(30)20(3)21(4)45-33)15-19(2)32(18)44-46(41,42)24-11-12-27(34(38)39)28(16-24)43-35(40)22-8-7-13-37-17-22/h5-17H,1-4H3,(H,38,39). The molecular formula is C35H26BrNO7S2. The van der Waals surface area contributed by atoms with E-state index >= 15 is 0 Å². The molecule has 46 heavy (non-hydrogen) atoms. The normalized spacial score (nSPS) is 11.6. The summed E-state index contributed by atoms with van der Waals surface area (Å²) in [6.07, 6.45) is 2.72. The first kappa shape index (κ1) is 31.4. The lowest BCUT2D eigenvalue weighted by molar-refractivity contribution is 0.0681. The predicted octanol–water partition coefficient (Wildman–Crippen LogP) is 8.80. The van der Waals surface area contributed by atoms with E-state index in [0.29, 0.717) is 11.1 Å². The van der Waals surface area contributed by atoms with Gasteiger partial charge in [-0.15, -0.1) is 11.3 Å². The second-order valence-corrected chi connectivity index (χ2v) is 14.4. The summed E-state index contributed by atoms with van der Waals surface area (Å²) < 4.78 is 40.3. The average Bonchev–Trinajstić information content (AvgIpc) is 3.33. The van der Waals surface area contributed by atoms with Crippen molar-refractivity contribution in [2.24, 2.45) is 0 Å². The quantitative estimate of drug-likeness (QED) is 0.0989. The van der Waals surface area contributed by atoms with Gasteiger partial charge in [-0.1, -0.05) is 24.3 Å². The number of ether oxygens (including phenoxy) is 1. The zero-order valence-electron chi connectivity index (χ0n) is 25.0. The monoisotopic (exact) mass is 715 g/mol. The molecule has 8 nitrogen and oxygen atoms in total. The van der Waals surface area contributed by atoms with E-state index in [1.54, 1.807) is 25.2 Å². The zero-order chi connectivity index (χ0) is 32.9. The van der Waals surface area contributed by atoms with Crippen LogP contribution in [0.4, 0.5) is 0 Å². The second kappa shape index (κ2) is 12.0. The summed E-state index contributed by atoms with van der Waals surface area (Å²) in [6.45, 7) is 7.77. The van der Waals surface area contributed by atoms with E-state index < -0.39 is 27.8 Å². The van der Waals surface area contributed by atoms with Gasteiger partial charge in [0, 0.05) is 33.2 Å². The van der Waals surface area contributed by atoms with Crippen LogP contribution in [0.2, 0.25) is 0 Å². The molecule has 0 fully saturated rings. The molecule has 0 saturated heterocycles. The smallest absolute Gasteiger partial charge is 0.345 e. The number of rotatable bonds is 7. The van der Waals surface area contributed by atoms with Gasteiger partial charge in [-0.25, -0.2) is 9.59 Å². The molecule has 11 heteroatoms. The molecule has 0 aliphatic heterocycles. The number of carboxylic acid groups (broad SMARTS) is 1. The Hall–Kier alpha value is -4.58. The number of fused-ring (bicyclic) bond motifs is 2. The number of carbonyl (C=O) groups excluding carboxylic acids is 1. The number of hydrogen-bond donors (Lipinski definition) is 1. The first-order chi connectivity index (χ1) is 21.9. The minimum absolute atomic E-state index is 0.0679. The minimum Gasteiger partial charge on any atom is -0.478 e. The summed E-state index contributed by atoms with van der Waals surface area (Å²) in [5, 5.41) is 12.9. The van der Waals surface area contributed by atoms with E-state index in [4.69, 9.17) is 8.92 Å². The minimum atomic E-state index is -4.48. The van der Waals surface area contributed by atoms with Gasteiger partial charge < -0.3 is 14.0 Å². The van der Waals surface area contributed by atoms with Crippen molar-refractivity contribution in [3.05, 3.63) is 116 Å². The highest BCUT2D eigenvalue weighted by Crippen LogP contribution is 2.48. The lowest BCUT2D eigenvalue weighted by Crippen LogP contribution is -2.15. The molecular weight excluding hydrogens is 690 g/mol. The predicted molar refractivity (Wildman–Crippen MR) is 182 cm³/mol. The molecule has 0 unspecified atom stereocenters. The maximum absolute atomic E-state index is 13.6. The molecule has 0 aliphatic carbocycles. The highest BCUT2D eigenvalue weighted by molar-refractivity contribution is 9.11. The summed E-state index contributed by atoms with van der Waals surface area (Å²) in [7, 11) is -4.48. The SMILES string of the molecule is Cc1cc(-c2c3ccccc3c(Br)c3sc(C)c(C)c23)cc(C)c1OS(=O)(=O)c1ccc(C(=O)O)c(OC(=O)c2cccnc2)c1. The zero-order valence-corrected chi connectivity index (χ0v) is 28.3. The summed E-state index contributed by atoms with van der Waals surface area (Å²) in [5.41, 5.74) is 4.02. The third-order valence-electron chi connectivity index (χ3n) is 7.78. The summed E-state index contributed by atoms with van der Waals surface area (Å²) in [6, 6.07) is 18.1. The Bertz CT molecular complexity index is 2310. The summed E-state index contributed by atoms with van der Waals surface area (Å²) >= 11 is 5.57. The Labute approximate surface area is 277 Å². The van der Waals surface area contributed by atoms with E-state index in [1.165, 1.54) is 35.0 Å².